The molecule has 1 aromatic rings. The molecule has 0 unspecified atom stereocenters. The van der Waals surface area contributed by atoms with Crippen molar-refractivity contribution < 1.29 is 19.1 Å². The maximum atomic E-state index is 10.2. The third-order valence-electron chi connectivity index (χ3n) is 1.03. The highest BCUT2D eigenvalue weighted by molar-refractivity contribution is 5.84. The number of hydrogen-bond donors (Lipinski definition) is 1. The van der Waals surface area contributed by atoms with Crippen molar-refractivity contribution in [1.29, 1.82) is 0 Å². The first kappa shape index (κ1) is 7.46. The fraction of sp³-hybridized carbons (Fsp3) is 0.167. The Morgan fingerprint density at radius 2 is 2.55 bits per heavy atom. The number of aldehydes is 1. The Labute approximate surface area is 61.7 Å². The van der Waals surface area contributed by atoms with Crippen LogP contribution in [0.2, 0.25) is 0 Å². The maximum absolute atomic E-state index is 10.2. The molecule has 5 heteroatoms. The summed E-state index contributed by atoms with van der Waals surface area (Å²) >= 11 is 0. The average Bonchev–Trinajstić information content (AvgIpc) is 2.37. The summed E-state index contributed by atoms with van der Waals surface area (Å²) < 4.78 is 4.64. The van der Waals surface area contributed by atoms with Crippen LogP contribution in [0.1, 0.15) is 16.4 Å². The molecular formula is C6H5NO4. The van der Waals surface area contributed by atoms with Gasteiger partial charge in [0.05, 0.1) is 6.42 Å². The zero-order valence-corrected chi connectivity index (χ0v) is 5.48. The van der Waals surface area contributed by atoms with Crippen LogP contribution in [-0.4, -0.2) is 22.3 Å². The molecule has 1 N–H and O–H groups in total. The van der Waals surface area contributed by atoms with Crippen molar-refractivity contribution in [3.63, 3.8) is 0 Å². The zero-order chi connectivity index (χ0) is 8.27. The van der Waals surface area contributed by atoms with E-state index in [0.717, 1.165) is 6.26 Å². The predicted octanol–water partition coefficient (Wildman–Crippen LogP) is 0.114. The first-order valence-electron chi connectivity index (χ1n) is 2.85. The van der Waals surface area contributed by atoms with Crippen LogP contribution in [-0.2, 0) is 11.2 Å². The van der Waals surface area contributed by atoms with E-state index in [0.29, 0.717) is 6.29 Å². The topological polar surface area (TPSA) is 80.4 Å². The summed E-state index contributed by atoms with van der Waals surface area (Å²) in [6.45, 7) is 0. The van der Waals surface area contributed by atoms with Gasteiger partial charge in [0.15, 0.2) is 5.69 Å². The summed E-state index contributed by atoms with van der Waals surface area (Å²) in [6.07, 6.45) is 1.60. The molecule has 0 aliphatic heterocycles. The molecule has 1 aromatic heterocycles. The van der Waals surface area contributed by atoms with Crippen molar-refractivity contribution in [3.05, 3.63) is 17.8 Å². The molecule has 5 nitrogen and oxygen atoms in total. The van der Waals surface area contributed by atoms with Gasteiger partial charge in [-0.15, -0.1) is 0 Å². The average molecular weight is 155 g/mol. The highest BCUT2D eigenvalue weighted by Crippen LogP contribution is 2.00. The van der Waals surface area contributed by atoms with E-state index in [1.807, 2.05) is 0 Å². The number of nitrogens with zero attached hydrogens (tertiary/aromatic N) is 1. The first-order valence-corrected chi connectivity index (χ1v) is 2.85. The van der Waals surface area contributed by atoms with Crippen molar-refractivity contribution in [2.24, 2.45) is 0 Å². The second-order valence-electron chi connectivity index (χ2n) is 1.80. The van der Waals surface area contributed by atoms with E-state index in [9.17, 15) is 9.59 Å². The summed E-state index contributed by atoms with van der Waals surface area (Å²) in [5.74, 6) is -1.04. The number of oxazole rings is 1. The summed E-state index contributed by atoms with van der Waals surface area (Å²) in [4.78, 5) is 23.6. The van der Waals surface area contributed by atoms with Crippen molar-refractivity contribution in [2.75, 3.05) is 0 Å². The molecule has 0 saturated heterocycles. The number of carbonyl (C=O) groups excluding carboxylic acids is 1. The summed E-state index contributed by atoms with van der Waals surface area (Å²) in [5.41, 5.74) is -0.179. The Kier molecular flexibility index (Phi) is 2.00. The highest BCUT2D eigenvalue weighted by Gasteiger charge is 2.08. The number of carbonyl (C=O) groups is 2. The molecule has 11 heavy (non-hydrogen) atoms. The zero-order valence-electron chi connectivity index (χ0n) is 5.48. The lowest BCUT2D eigenvalue weighted by Gasteiger charge is -1.80. The minimum Gasteiger partial charge on any atom is -0.476 e. The summed E-state index contributed by atoms with van der Waals surface area (Å²) in [5, 5.41) is 8.36. The van der Waals surface area contributed by atoms with Gasteiger partial charge < -0.3 is 14.3 Å². The lowest BCUT2D eigenvalue weighted by molar-refractivity contribution is -0.107. The molecule has 0 aliphatic rings. The van der Waals surface area contributed by atoms with E-state index in [1.165, 1.54) is 0 Å². The molecule has 0 radical (unpaired) electrons. The summed E-state index contributed by atoms with van der Waals surface area (Å²) in [6, 6.07) is 0. The molecule has 0 spiro atoms. The number of aromatic carboxylic acids is 1. The Balaban J connectivity index is 2.81. The largest absolute Gasteiger partial charge is 0.476 e. The lowest BCUT2D eigenvalue weighted by Crippen LogP contribution is -1.96. The van der Waals surface area contributed by atoms with E-state index in [4.69, 9.17) is 5.11 Å². The van der Waals surface area contributed by atoms with Crippen molar-refractivity contribution in [3.8, 4) is 0 Å². The number of hydrogen-bond acceptors (Lipinski definition) is 4. The standard InChI is InChI=1S/C6H5NO4/c8-2-1-5-7-4(3-11-5)6(9)10/h2-3H,1H2,(H,9,10). The smallest absolute Gasteiger partial charge is 0.357 e. The van der Waals surface area contributed by atoms with Gasteiger partial charge in [-0.25, -0.2) is 9.78 Å². The van der Waals surface area contributed by atoms with Crippen LogP contribution in [0.15, 0.2) is 10.7 Å². The molecule has 58 valence electrons. The van der Waals surface area contributed by atoms with Gasteiger partial charge in [0.25, 0.3) is 0 Å². The van der Waals surface area contributed by atoms with Gasteiger partial charge in [0, 0.05) is 0 Å². The van der Waals surface area contributed by atoms with Crippen LogP contribution >= 0.6 is 0 Å². The van der Waals surface area contributed by atoms with Crippen LogP contribution in [0.5, 0.6) is 0 Å². The Hall–Kier alpha value is -1.65. The van der Waals surface area contributed by atoms with Crippen molar-refractivity contribution in [2.45, 2.75) is 6.42 Å². The lowest BCUT2D eigenvalue weighted by atomic mass is 10.5. The van der Waals surface area contributed by atoms with E-state index >= 15 is 0 Å². The van der Waals surface area contributed by atoms with Crippen LogP contribution in [0, 0.1) is 0 Å². The van der Waals surface area contributed by atoms with Crippen molar-refractivity contribution in [1.82, 2.24) is 4.98 Å². The van der Waals surface area contributed by atoms with E-state index in [-0.39, 0.29) is 18.0 Å². The fourth-order valence-electron chi connectivity index (χ4n) is 0.574. The van der Waals surface area contributed by atoms with Gasteiger partial charge >= 0.3 is 5.97 Å². The minimum atomic E-state index is -1.16. The van der Waals surface area contributed by atoms with Gasteiger partial charge in [0.2, 0.25) is 5.89 Å². The number of rotatable bonds is 3. The van der Waals surface area contributed by atoms with Crippen LogP contribution < -0.4 is 0 Å². The quantitative estimate of drug-likeness (QED) is 0.626. The van der Waals surface area contributed by atoms with E-state index in [2.05, 4.69) is 9.40 Å². The highest BCUT2D eigenvalue weighted by atomic mass is 16.4. The van der Waals surface area contributed by atoms with Gasteiger partial charge in [-0.05, 0) is 0 Å². The van der Waals surface area contributed by atoms with Crippen LogP contribution in [0.3, 0.4) is 0 Å². The Bertz CT molecular complexity index is 278. The van der Waals surface area contributed by atoms with Gasteiger partial charge in [-0.2, -0.15) is 0 Å². The maximum Gasteiger partial charge on any atom is 0.357 e. The van der Waals surface area contributed by atoms with Gasteiger partial charge in [0.1, 0.15) is 12.5 Å². The fourth-order valence-corrected chi connectivity index (χ4v) is 0.574. The predicted molar refractivity (Wildman–Crippen MR) is 33.2 cm³/mol. The van der Waals surface area contributed by atoms with E-state index in [1.54, 1.807) is 0 Å². The third kappa shape index (κ3) is 1.64. The second-order valence-corrected chi connectivity index (χ2v) is 1.80. The molecule has 1 heterocycles. The Morgan fingerprint density at radius 1 is 1.82 bits per heavy atom. The van der Waals surface area contributed by atoms with Gasteiger partial charge in [-0.1, -0.05) is 0 Å². The van der Waals surface area contributed by atoms with Gasteiger partial charge in [-0.3, -0.25) is 0 Å². The molecule has 0 saturated carbocycles. The molecular weight excluding hydrogens is 150 g/mol. The van der Waals surface area contributed by atoms with Crippen molar-refractivity contribution >= 4 is 12.3 Å². The number of aromatic nitrogens is 1. The van der Waals surface area contributed by atoms with Crippen LogP contribution in [0.25, 0.3) is 0 Å². The van der Waals surface area contributed by atoms with Crippen LogP contribution in [0.4, 0.5) is 0 Å². The molecule has 0 amide bonds. The number of carboxylic acid groups (broad SMARTS) is 1. The normalized spacial score (nSPS) is 9.45. The SMILES string of the molecule is O=CCc1nc(C(=O)O)co1. The third-order valence-corrected chi connectivity index (χ3v) is 1.03. The number of carboxylic acids is 1. The van der Waals surface area contributed by atoms with E-state index < -0.39 is 5.97 Å². The molecule has 0 fully saturated rings. The molecule has 1 rings (SSSR count). The Morgan fingerprint density at radius 3 is 3.00 bits per heavy atom. The summed E-state index contributed by atoms with van der Waals surface area (Å²) in [7, 11) is 0. The minimum absolute atomic E-state index is 0.00722. The molecule has 0 bridgehead atoms. The molecule has 0 aromatic carbocycles. The monoisotopic (exact) mass is 155 g/mol. The molecule has 0 atom stereocenters. The molecule has 0 aliphatic carbocycles. The first-order chi connectivity index (χ1) is 5.24. The second kappa shape index (κ2) is 2.96.